The van der Waals surface area contributed by atoms with Crippen LogP contribution in [0.4, 0.5) is 14.5 Å². The third-order valence-electron chi connectivity index (χ3n) is 3.05. The summed E-state index contributed by atoms with van der Waals surface area (Å²) in [6, 6.07) is 7.61. The summed E-state index contributed by atoms with van der Waals surface area (Å²) in [5, 5.41) is 2.55. The maximum absolute atomic E-state index is 13.4. The number of aromatic amines is 2. The first kappa shape index (κ1) is 14.8. The number of imidazole rings is 1. The van der Waals surface area contributed by atoms with Crippen LogP contribution in [0.5, 0.6) is 5.75 Å². The minimum absolute atomic E-state index is 0.216. The van der Waals surface area contributed by atoms with Gasteiger partial charge in [-0.2, -0.15) is 0 Å². The van der Waals surface area contributed by atoms with Crippen molar-refractivity contribution in [1.82, 2.24) is 9.97 Å². The van der Waals surface area contributed by atoms with Crippen LogP contribution in [0.1, 0.15) is 0 Å². The number of fused-ring (bicyclic) bond motifs is 1. The van der Waals surface area contributed by atoms with E-state index < -0.39 is 24.1 Å². The molecule has 118 valence electrons. The van der Waals surface area contributed by atoms with Gasteiger partial charge in [-0.3, -0.25) is 4.79 Å². The van der Waals surface area contributed by atoms with E-state index in [1.54, 1.807) is 18.2 Å². The van der Waals surface area contributed by atoms with Crippen molar-refractivity contribution in [2.24, 2.45) is 0 Å². The van der Waals surface area contributed by atoms with E-state index in [2.05, 4.69) is 15.3 Å². The Morgan fingerprint density at radius 3 is 2.65 bits per heavy atom. The quantitative estimate of drug-likeness (QED) is 0.688. The van der Waals surface area contributed by atoms with E-state index in [0.29, 0.717) is 22.8 Å². The average Bonchev–Trinajstić information content (AvgIpc) is 2.85. The third kappa shape index (κ3) is 3.37. The number of carbonyl (C=O) groups is 1. The molecule has 0 unspecified atom stereocenters. The van der Waals surface area contributed by atoms with Crippen molar-refractivity contribution in [3.05, 3.63) is 58.5 Å². The van der Waals surface area contributed by atoms with Crippen LogP contribution in [0.2, 0.25) is 0 Å². The van der Waals surface area contributed by atoms with Crippen LogP contribution in [0, 0.1) is 11.6 Å². The molecule has 0 aliphatic carbocycles. The van der Waals surface area contributed by atoms with E-state index >= 15 is 0 Å². The fourth-order valence-corrected chi connectivity index (χ4v) is 2.04. The van der Waals surface area contributed by atoms with Crippen LogP contribution in [0.3, 0.4) is 0 Å². The topological polar surface area (TPSA) is 87.0 Å². The molecule has 23 heavy (non-hydrogen) atoms. The summed E-state index contributed by atoms with van der Waals surface area (Å²) in [4.78, 5) is 28.1. The van der Waals surface area contributed by atoms with Gasteiger partial charge in [-0.25, -0.2) is 13.6 Å². The number of benzene rings is 2. The van der Waals surface area contributed by atoms with E-state index in [1.165, 1.54) is 0 Å². The van der Waals surface area contributed by atoms with Gasteiger partial charge in [-0.15, -0.1) is 0 Å². The number of amides is 1. The van der Waals surface area contributed by atoms with Crippen LogP contribution < -0.4 is 15.7 Å². The smallest absolute Gasteiger partial charge is 0.323 e. The number of halogens is 2. The highest BCUT2D eigenvalue weighted by atomic mass is 19.1. The molecule has 3 aromatic rings. The molecule has 0 radical (unpaired) electrons. The van der Waals surface area contributed by atoms with Gasteiger partial charge in [0.1, 0.15) is 5.82 Å². The van der Waals surface area contributed by atoms with E-state index in [0.717, 1.165) is 12.1 Å². The lowest BCUT2D eigenvalue weighted by Crippen LogP contribution is -2.20. The Labute approximate surface area is 128 Å². The molecule has 0 spiro atoms. The van der Waals surface area contributed by atoms with Crippen molar-refractivity contribution >= 4 is 22.6 Å². The van der Waals surface area contributed by atoms with Gasteiger partial charge in [0.2, 0.25) is 0 Å². The molecule has 3 rings (SSSR count). The zero-order valence-corrected chi connectivity index (χ0v) is 11.7. The van der Waals surface area contributed by atoms with E-state index in [9.17, 15) is 18.4 Å². The first-order valence-corrected chi connectivity index (χ1v) is 6.61. The fourth-order valence-electron chi connectivity index (χ4n) is 2.04. The van der Waals surface area contributed by atoms with Crippen molar-refractivity contribution in [2.75, 3.05) is 11.9 Å². The number of hydrogen-bond donors (Lipinski definition) is 3. The first-order valence-electron chi connectivity index (χ1n) is 6.61. The molecule has 1 amide bonds. The maximum atomic E-state index is 13.4. The van der Waals surface area contributed by atoms with E-state index in [4.69, 9.17) is 4.74 Å². The molecule has 0 fully saturated rings. The summed E-state index contributed by atoms with van der Waals surface area (Å²) >= 11 is 0. The molecule has 1 heterocycles. The second-order valence-corrected chi connectivity index (χ2v) is 4.75. The van der Waals surface area contributed by atoms with E-state index in [-0.39, 0.29) is 11.4 Å². The molecule has 0 atom stereocenters. The minimum atomic E-state index is -0.885. The minimum Gasteiger partial charge on any atom is -0.481 e. The summed E-state index contributed by atoms with van der Waals surface area (Å²) in [6.45, 7) is -0.440. The molecule has 0 aliphatic rings. The second kappa shape index (κ2) is 5.91. The molecule has 1 aromatic heterocycles. The number of anilines is 1. The monoisotopic (exact) mass is 319 g/mol. The summed E-state index contributed by atoms with van der Waals surface area (Å²) < 4.78 is 31.1. The van der Waals surface area contributed by atoms with Gasteiger partial charge in [-0.1, -0.05) is 0 Å². The van der Waals surface area contributed by atoms with Gasteiger partial charge in [0.15, 0.2) is 18.2 Å². The lowest BCUT2D eigenvalue weighted by molar-refractivity contribution is -0.118. The van der Waals surface area contributed by atoms with Crippen molar-refractivity contribution in [3.8, 4) is 5.75 Å². The van der Waals surface area contributed by atoms with Crippen molar-refractivity contribution in [1.29, 1.82) is 0 Å². The van der Waals surface area contributed by atoms with Crippen molar-refractivity contribution in [3.63, 3.8) is 0 Å². The Morgan fingerprint density at radius 1 is 1.09 bits per heavy atom. The molecule has 0 saturated carbocycles. The molecule has 0 saturated heterocycles. The van der Waals surface area contributed by atoms with Gasteiger partial charge in [0.05, 0.1) is 11.0 Å². The van der Waals surface area contributed by atoms with Crippen LogP contribution in [0.25, 0.3) is 11.0 Å². The largest absolute Gasteiger partial charge is 0.481 e. The molecular formula is C15H11F2N3O3. The van der Waals surface area contributed by atoms with Gasteiger partial charge in [0, 0.05) is 11.8 Å². The Hall–Kier alpha value is -3.16. The molecule has 0 aliphatic heterocycles. The van der Waals surface area contributed by atoms with Crippen LogP contribution in [-0.2, 0) is 4.79 Å². The van der Waals surface area contributed by atoms with Gasteiger partial charge >= 0.3 is 5.69 Å². The predicted octanol–water partition coefficient (Wildman–Crippen LogP) is 2.15. The number of hydrogen-bond acceptors (Lipinski definition) is 3. The maximum Gasteiger partial charge on any atom is 0.323 e. The van der Waals surface area contributed by atoms with Crippen LogP contribution >= 0.6 is 0 Å². The number of nitrogens with one attached hydrogen (secondary N) is 3. The fraction of sp³-hybridized carbons (Fsp3) is 0.0667. The highest BCUT2D eigenvalue weighted by Gasteiger charge is 2.09. The molecule has 6 nitrogen and oxygen atoms in total. The molecule has 2 aromatic carbocycles. The molecule has 3 N–H and O–H groups in total. The first-order chi connectivity index (χ1) is 11.0. The number of rotatable bonds is 4. The highest BCUT2D eigenvalue weighted by Crippen LogP contribution is 2.18. The van der Waals surface area contributed by atoms with Crippen LogP contribution in [0.15, 0.2) is 41.2 Å². The van der Waals surface area contributed by atoms with Crippen molar-refractivity contribution < 1.29 is 18.3 Å². The summed E-state index contributed by atoms with van der Waals surface area (Å²) in [5.41, 5.74) is 1.25. The Bertz CT molecular complexity index is 933. The number of ether oxygens (including phenoxy) is 1. The summed E-state index contributed by atoms with van der Waals surface area (Å²) in [7, 11) is 0. The lowest BCUT2D eigenvalue weighted by Gasteiger charge is -2.08. The van der Waals surface area contributed by atoms with E-state index in [1.807, 2.05) is 0 Å². The Balaban J connectivity index is 1.64. The second-order valence-electron chi connectivity index (χ2n) is 4.75. The third-order valence-corrected chi connectivity index (χ3v) is 3.05. The Morgan fingerprint density at radius 2 is 1.87 bits per heavy atom. The highest BCUT2D eigenvalue weighted by molar-refractivity contribution is 5.93. The lowest BCUT2D eigenvalue weighted by atomic mass is 10.3. The number of carbonyl (C=O) groups excluding carboxylic acids is 1. The number of H-pyrrole nitrogens is 2. The SMILES string of the molecule is O=C(COc1ccc(F)cc1F)Nc1ccc2[nH]c(=O)[nH]c2c1. The average molecular weight is 319 g/mol. The van der Waals surface area contributed by atoms with Gasteiger partial charge in [-0.05, 0) is 30.3 Å². The van der Waals surface area contributed by atoms with Gasteiger partial charge < -0.3 is 20.0 Å². The van der Waals surface area contributed by atoms with Gasteiger partial charge in [0.25, 0.3) is 5.91 Å². The van der Waals surface area contributed by atoms with Crippen molar-refractivity contribution in [2.45, 2.75) is 0 Å². The van der Waals surface area contributed by atoms with Crippen LogP contribution in [-0.4, -0.2) is 22.5 Å². The zero-order valence-electron chi connectivity index (χ0n) is 11.7. The predicted molar refractivity (Wildman–Crippen MR) is 79.4 cm³/mol. The zero-order chi connectivity index (χ0) is 16.4. The number of aromatic nitrogens is 2. The molecule has 8 heteroatoms. The molecular weight excluding hydrogens is 308 g/mol. The molecule has 0 bridgehead atoms. The summed E-state index contributed by atoms with van der Waals surface area (Å²) in [6.07, 6.45) is 0. The normalized spacial score (nSPS) is 10.7. The Kier molecular flexibility index (Phi) is 3.80. The standard InChI is InChI=1S/C15H11F2N3O3/c16-8-1-4-13(10(17)5-8)23-7-14(21)18-9-2-3-11-12(6-9)20-15(22)19-11/h1-6H,7H2,(H,18,21)(H2,19,20,22). The summed E-state index contributed by atoms with van der Waals surface area (Å²) in [5.74, 6) is -2.35.